The first-order valence-corrected chi connectivity index (χ1v) is 8.52. The van der Waals surface area contributed by atoms with E-state index >= 15 is 0 Å². The number of aryl methyl sites for hydroxylation is 1. The molecule has 0 atom stereocenters. The summed E-state index contributed by atoms with van der Waals surface area (Å²) in [6.45, 7) is 1.67. The Morgan fingerprint density at radius 1 is 1.32 bits per heavy atom. The van der Waals surface area contributed by atoms with E-state index in [0.717, 1.165) is 10.8 Å². The summed E-state index contributed by atoms with van der Waals surface area (Å²) in [6, 6.07) is 5.73. The van der Waals surface area contributed by atoms with Gasteiger partial charge in [-0.05, 0) is 12.1 Å². The zero-order chi connectivity index (χ0) is 18.3. The average Bonchev–Trinajstić information content (AvgIpc) is 3.04. The van der Waals surface area contributed by atoms with E-state index in [0.29, 0.717) is 26.6 Å². The lowest BCUT2D eigenvalue weighted by molar-refractivity contribution is -0.623. The Hall–Kier alpha value is -2.72. The predicted molar refractivity (Wildman–Crippen MR) is 94.4 cm³/mol. The van der Waals surface area contributed by atoms with Gasteiger partial charge in [-0.2, -0.15) is 4.73 Å². The van der Waals surface area contributed by atoms with Gasteiger partial charge >= 0.3 is 5.69 Å². The quantitative estimate of drug-likeness (QED) is 0.166. The van der Waals surface area contributed by atoms with Gasteiger partial charge in [0.05, 0.1) is 16.2 Å². The van der Waals surface area contributed by atoms with Crippen LogP contribution in [0, 0.1) is 22.2 Å². The average molecular weight is 424 g/mol. The number of hydrogen-bond donors (Lipinski definition) is 2. The van der Waals surface area contributed by atoms with E-state index < -0.39 is 22.1 Å². The number of benzene rings is 1. The molecule has 0 saturated heterocycles. The first kappa shape index (κ1) is 17.1. The molecule has 128 valence electrons. The molecule has 1 aromatic carbocycles. The number of thiazole rings is 1. The van der Waals surface area contributed by atoms with Crippen LogP contribution in [-0.4, -0.2) is 20.1 Å². The number of aromatic nitrogens is 2. The lowest BCUT2D eigenvalue weighted by atomic mass is 10.1. The molecule has 2 heterocycles. The lowest BCUT2D eigenvalue weighted by Crippen LogP contribution is -2.32. The highest BCUT2D eigenvalue weighted by Gasteiger charge is 2.22. The van der Waals surface area contributed by atoms with Crippen molar-refractivity contribution in [1.82, 2.24) is 4.98 Å². The summed E-state index contributed by atoms with van der Waals surface area (Å²) >= 11 is 4.48. The number of pyridine rings is 1. The van der Waals surface area contributed by atoms with E-state index in [1.54, 1.807) is 24.4 Å². The lowest BCUT2D eigenvalue weighted by Gasteiger charge is -2.05. The van der Waals surface area contributed by atoms with Crippen LogP contribution in [0.4, 0.5) is 5.69 Å². The zero-order valence-electron chi connectivity index (χ0n) is 12.6. The third-order valence-corrected chi connectivity index (χ3v) is 5.13. The van der Waals surface area contributed by atoms with Crippen molar-refractivity contribution >= 4 is 33.0 Å². The Balaban J connectivity index is 2.09. The third kappa shape index (κ3) is 3.01. The summed E-state index contributed by atoms with van der Waals surface area (Å²) in [5.74, 6) is -1.40. The molecule has 0 bridgehead atoms. The standard InChI is InChI=1S/C15H10BrN3O5S/c1-7-2-3-9(14(16)18(7)22)15-17-10(6-25-15)8-4-11(19(23)24)13(21)12(20)5-8/h2-6,20-21H,1H3. The predicted octanol–water partition coefficient (Wildman–Crippen LogP) is 3.50. The van der Waals surface area contributed by atoms with Crippen LogP contribution in [0.2, 0.25) is 0 Å². The van der Waals surface area contributed by atoms with E-state index in [2.05, 4.69) is 20.9 Å². The second-order valence-corrected chi connectivity index (χ2v) is 6.74. The fourth-order valence-electron chi connectivity index (χ4n) is 2.19. The molecular weight excluding hydrogens is 414 g/mol. The number of halogens is 1. The minimum Gasteiger partial charge on any atom is -0.618 e. The summed E-state index contributed by atoms with van der Waals surface area (Å²) in [7, 11) is 0. The van der Waals surface area contributed by atoms with E-state index in [4.69, 9.17) is 0 Å². The van der Waals surface area contributed by atoms with E-state index in [-0.39, 0.29) is 5.56 Å². The van der Waals surface area contributed by atoms with Gasteiger partial charge in [-0.25, -0.2) is 4.98 Å². The van der Waals surface area contributed by atoms with E-state index in [9.17, 15) is 25.5 Å². The molecule has 0 amide bonds. The Kier molecular flexibility index (Phi) is 4.31. The molecule has 0 saturated carbocycles. The van der Waals surface area contributed by atoms with Crippen molar-refractivity contribution < 1.29 is 19.9 Å². The fraction of sp³-hybridized carbons (Fsp3) is 0.0667. The maximum atomic E-state index is 12.0. The van der Waals surface area contributed by atoms with E-state index in [1.807, 2.05) is 0 Å². The van der Waals surface area contributed by atoms with Gasteiger partial charge in [0.25, 0.3) is 4.60 Å². The third-order valence-electron chi connectivity index (χ3n) is 3.51. The minimum absolute atomic E-state index is 0.280. The van der Waals surface area contributed by atoms with Gasteiger partial charge in [-0.3, -0.25) is 10.1 Å². The number of nitro groups is 1. The van der Waals surface area contributed by atoms with Gasteiger partial charge in [0.15, 0.2) is 11.4 Å². The van der Waals surface area contributed by atoms with E-state index in [1.165, 1.54) is 17.4 Å². The maximum absolute atomic E-state index is 12.0. The fourth-order valence-corrected chi connectivity index (χ4v) is 3.77. The number of aromatic hydroxyl groups is 2. The summed E-state index contributed by atoms with van der Waals surface area (Å²) in [6.07, 6.45) is 0. The maximum Gasteiger partial charge on any atom is 0.315 e. The summed E-state index contributed by atoms with van der Waals surface area (Å²) < 4.78 is 1.04. The zero-order valence-corrected chi connectivity index (χ0v) is 15.0. The second-order valence-electron chi connectivity index (χ2n) is 5.13. The van der Waals surface area contributed by atoms with Crippen molar-refractivity contribution in [2.45, 2.75) is 6.92 Å². The first-order valence-electron chi connectivity index (χ1n) is 6.85. The van der Waals surface area contributed by atoms with Crippen molar-refractivity contribution in [2.75, 3.05) is 0 Å². The molecule has 0 aliphatic rings. The smallest absolute Gasteiger partial charge is 0.315 e. The van der Waals surface area contributed by atoms with Crippen LogP contribution in [0.1, 0.15) is 5.69 Å². The Morgan fingerprint density at radius 2 is 2.04 bits per heavy atom. The molecule has 3 aromatic rings. The number of phenolic OH excluding ortho intramolecular Hbond substituents is 2. The number of nitrogens with zero attached hydrogens (tertiary/aromatic N) is 3. The molecule has 2 N–H and O–H groups in total. The summed E-state index contributed by atoms with van der Waals surface area (Å²) in [5.41, 5.74) is 1.14. The molecule has 2 aromatic heterocycles. The molecule has 0 unspecified atom stereocenters. The molecule has 0 aliphatic carbocycles. The van der Waals surface area contributed by atoms with Gasteiger partial charge in [-0.1, -0.05) is 0 Å². The number of nitro benzene ring substituents is 1. The first-order chi connectivity index (χ1) is 11.8. The minimum atomic E-state index is -0.794. The molecule has 10 heteroatoms. The van der Waals surface area contributed by atoms with Crippen LogP contribution in [0.3, 0.4) is 0 Å². The largest absolute Gasteiger partial charge is 0.618 e. The summed E-state index contributed by atoms with van der Waals surface area (Å²) in [4.78, 5) is 14.6. The molecule has 0 fully saturated rings. The molecular formula is C15H10BrN3O5S. The highest BCUT2D eigenvalue weighted by molar-refractivity contribution is 9.10. The van der Waals surface area contributed by atoms with Crippen LogP contribution in [-0.2, 0) is 0 Å². The number of rotatable bonds is 3. The van der Waals surface area contributed by atoms with Gasteiger partial charge < -0.3 is 15.4 Å². The van der Waals surface area contributed by atoms with Crippen molar-refractivity contribution in [3.05, 3.63) is 55.3 Å². The molecule has 8 nitrogen and oxygen atoms in total. The van der Waals surface area contributed by atoms with Gasteiger partial charge in [-0.15, -0.1) is 11.3 Å². The van der Waals surface area contributed by atoms with Gasteiger partial charge in [0.2, 0.25) is 5.75 Å². The van der Waals surface area contributed by atoms with Crippen LogP contribution in [0.15, 0.2) is 34.2 Å². The molecule has 3 rings (SSSR count). The normalized spacial score (nSPS) is 10.8. The monoisotopic (exact) mass is 423 g/mol. The highest BCUT2D eigenvalue weighted by Crippen LogP contribution is 2.40. The second kappa shape index (κ2) is 6.30. The van der Waals surface area contributed by atoms with Crippen LogP contribution in [0.5, 0.6) is 11.5 Å². The van der Waals surface area contributed by atoms with Crippen molar-refractivity contribution in [3.63, 3.8) is 0 Å². The molecule has 25 heavy (non-hydrogen) atoms. The van der Waals surface area contributed by atoms with Crippen LogP contribution < -0.4 is 4.73 Å². The molecule has 0 aliphatic heterocycles. The Morgan fingerprint density at radius 3 is 2.72 bits per heavy atom. The highest BCUT2D eigenvalue weighted by atomic mass is 79.9. The van der Waals surface area contributed by atoms with Gasteiger partial charge in [0.1, 0.15) is 5.01 Å². The van der Waals surface area contributed by atoms with Crippen LogP contribution in [0.25, 0.3) is 21.8 Å². The molecule has 0 spiro atoms. The van der Waals surface area contributed by atoms with Crippen molar-refractivity contribution in [2.24, 2.45) is 0 Å². The Labute approximate surface area is 153 Å². The molecule has 0 radical (unpaired) electrons. The van der Waals surface area contributed by atoms with Gasteiger partial charge in [0, 0.05) is 45.9 Å². The SMILES string of the molecule is Cc1ccc(-c2nc(-c3cc(O)c(O)c([N+](=O)[O-])c3)cs2)c(Br)[n+]1[O-]. The topological polar surface area (TPSA) is 123 Å². The van der Waals surface area contributed by atoms with Crippen LogP contribution >= 0.6 is 27.3 Å². The van der Waals surface area contributed by atoms with Crippen molar-refractivity contribution in [1.29, 1.82) is 0 Å². The number of phenols is 2. The summed E-state index contributed by atoms with van der Waals surface area (Å²) in [5, 5.41) is 44.4. The van der Waals surface area contributed by atoms with Crippen molar-refractivity contribution in [3.8, 4) is 33.3 Å². The Bertz CT molecular complexity index is 1010. The number of hydrogen-bond acceptors (Lipinski definition) is 7.